The maximum atomic E-state index is 11.9. The summed E-state index contributed by atoms with van der Waals surface area (Å²) in [6, 6.07) is 8.31. The lowest BCUT2D eigenvalue weighted by Crippen LogP contribution is -2.38. The monoisotopic (exact) mass is 275 g/mol. The number of aliphatic hydroxyl groups is 1. The minimum Gasteiger partial charge on any atom is -0.396 e. The Balaban J connectivity index is 1.74. The molecule has 1 aromatic carbocycles. The molecule has 3 heteroatoms. The molecule has 0 aliphatic heterocycles. The van der Waals surface area contributed by atoms with E-state index < -0.39 is 0 Å². The van der Waals surface area contributed by atoms with Crippen molar-refractivity contribution in [2.24, 2.45) is 5.41 Å². The summed E-state index contributed by atoms with van der Waals surface area (Å²) >= 11 is 0. The number of carbonyl (C=O) groups is 1. The van der Waals surface area contributed by atoms with Crippen LogP contribution in [0.1, 0.15) is 43.2 Å². The van der Waals surface area contributed by atoms with Gasteiger partial charge in [-0.1, -0.05) is 42.7 Å². The van der Waals surface area contributed by atoms with Gasteiger partial charge in [-0.15, -0.1) is 0 Å². The summed E-state index contributed by atoms with van der Waals surface area (Å²) in [5, 5.41) is 12.5. The van der Waals surface area contributed by atoms with Gasteiger partial charge in [0.1, 0.15) is 0 Å². The maximum absolute atomic E-state index is 11.9. The van der Waals surface area contributed by atoms with E-state index in [1.165, 1.54) is 24.0 Å². The van der Waals surface area contributed by atoms with E-state index in [0.29, 0.717) is 13.0 Å². The van der Waals surface area contributed by atoms with Crippen LogP contribution in [0, 0.1) is 12.3 Å². The van der Waals surface area contributed by atoms with Gasteiger partial charge >= 0.3 is 0 Å². The van der Waals surface area contributed by atoms with E-state index in [-0.39, 0.29) is 17.9 Å². The second-order valence-electron chi connectivity index (χ2n) is 6.13. The predicted octanol–water partition coefficient (Wildman–Crippen LogP) is 2.60. The molecule has 0 radical (unpaired) electrons. The van der Waals surface area contributed by atoms with Gasteiger partial charge in [0.05, 0.1) is 6.61 Å². The van der Waals surface area contributed by atoms with Gasteiger partial charge in [-0.3, -0.25) is 4.79 Å². The first-order valence-corrected chi connectivity index (χ1v) is 7.57. The van der Waals surface area contributed by atoms with Gasteiger partial charge in [-0.2, -0.15) is 0 Å². The molecule has 0 heterocycles. The lowest BCUT2D eigenvalue weighted by Gasteiger charge is -2.26. The molecule has 20 heavy (non-hydrogen) atoms. The van der Waals surface area contributed by atoms with E-state index in [4.69, 9.17) is 0 Å². The molecule has 0 saturated heterocycles. The molecule has 3 nitrogen and oxygen atoms in total. The molecule has 1 fully saturated rings. The molecule has 110 valence electrons. The first kappa shape index (κ1) is 15.0. The number of aryl methyl sites for hydroxylation is 2. The number of hydrogen-bond acceptors (Lipinski definition) is 2. The molecule has 0 spiro atoms. The Bertz CT molecular complexity index is 433. The SMILES string of the molecule is Cc1ccc(CCC(=O)NCC2(CO)CCCC2)cc1. The quantitative estimate of drug-likeness (QED) is 0.838. The molecule has 1 amide bonds. The summed E-state index contributed by atoms with van der Waals surface area (Å²) in [4.78, 5) is 11.9. The highest BCUT2D eigenvalue weighted by Crippen LogP contribution is 2.36. The average Bonchev–Trinajstić information content (AvgIpc) is 2.94. The second-order valence-corrected chi connectivity index (χ2v) is 6.13. The number of amides is 1. The van der Waals surface area contributed by atoms with E-state index in [1.807, 2.05) is 0 Å². The zero-order valence-corrected chi connectivity index (χ0v) is 12.3. The van der Waals surface area contributed by atoms with Crippen molar-refractivity contribution in [1.29, 1.82) is 0 Å². The van der Waals surface area contributed by atoms with Crippen molar-refractivity contribution in [2.45, 2.75) is 45.4 Å². The van der Waals surface area contributed by atoms with Crippen LogP contribution in [0.15, 0.2) is 24.3 Å². The summed E-state index contributed by atoms with van der Waals surface area (Å²) in [5.41, 5.74) is 2.38. The summed E-state index contributed by atoms with van der Waals surface area (Å²) in [6.07, 6.45) is 5.69. The van der Waals surface area contributed by atoms with Gasteiger partial charge in [-0.25, -0.2) is 0 Å². The van der Waals surface area contributed by atoms with Gasteiger partial charge in [0.15, 0.2) is 0 Å². The fraction of sp³-hybridized carbons (Fsp3) is 0.588. The maximum Gasteiger partial charge on any atom is 0.220 e. The smallest absolute Gasteiger partial charge is 0.220 e. The second kappa shape index (κ2) is 6.89. The van der Waals surface area contributed by atoms with E-state index in [1.54, 1.807) is 0 Å². The molecule has 0 unspecified atom stereocenters. The van der Waals surface area contributed by atoms with Gasteiger partial charge < -0.3 is 10.4 Å². The topological polar surface area (TPSA) is 49.3 Å². The number of carbonyl (C=O) groups excluding carboxylic acids is 1. The summed E-state index contributed by atoms with van der Waals surface area (Å²) in [5.74, 6) is 0.0882. The third-order valence-corrected chi connectivity index (χ3v) is 4.42. The Kier molecular flexibility index (Phi) is 5.18. The number of hydrogen-bond donors (Lipinski definition) is 2. The van der Waals surface area contributed by atoms with Gasteiger partial charge in [-0.05, 0) is 31.7 Å². The fourth-order valence-corrected chi connectivity index (χ4v) is 2.90. The van der Waals surface area contributed by atoms with Crippen LogP contribution in [0.2, 0.25) is 0 Å². The number of benzene rings is 1. The lowest BCUT2D eigenvalue weighted by molar-refractivity contribution is -0.121. The standard InChI is InChI=1S/C17H25NO2/c1-14-4-6-15(7-5-14)8-9-16(20)18-12-17(13-19)10-2-3-11-17/h4-7,19H,2-3,8-13H2,1H3,(H,18,20). The van der Waals surface area contributed by atoms with Crippen molar-refractivity contribution >= 4 is 5.91 Å². The first-order chi connectivity index (χ1) is 9.63. The minimum atomic E-state index is -0.0560. The molecular weight excluding hydrogens is 250 g/mol. The summed E-state index contributed by atoms with van der Waals surface area (Å²) in [7, 11) is 0. The molecule has 2 rings (SSSR count). The van der Waals surface area contributed by atoms with Gasteiger partial charge in [0.25, 0.3) is 0 Å². The molecular formula is C17H25NO2. The highest BCUT2D eigenvalue weighted by atomic mass is 16.3. The molecule has 1 saturated carbocycles. The van der Waals surface area contributed by atoms with Gasteiger partial charge in [0.2, 0.25) is 5.91 Å². The van der Waals surface area contributed by atoms with E-state index in [2.05, 4.69) is 36.5 Å². The molecule has 2 N–H and O–H groups in total. The largest absolute Gasteiger partial charge is 0.396 e. The predicted molar refractivity (Wildman–Crippen MR) is 80.5 cm³/mol. The third kappa shape index (κ3) is 4.07. The van der Waals surface area contributed by atoms with E-state index in [0.717, 1.165) is 19.3 Å². The number of nitrogens with one attached hydrogen (secondary N) is 1. The van der Waals surface area contributed by atoms with E-state index >= 15 is 0 Å². The minimum absolute atomic E-state index is 0.0560. The Morgan fingerprint density at radius 1 is 1.25 bits per heavy atom. The number of aliphatic hydroxyl groups excluding tert-OH is 1. The highest BCUT2D eigenvalue weighted by molar-refractivity contribution is 5.76. The Labute approximate surface area is 121 Å². The third-order valence-electron chi connectivity index (χ3n) is 4.42. The van der Waals surface area contributed by atoms with Crippen LogP contribution in [0.3, 0.4) is 0 Å². The fourth-order valence-electron chi connectivity index (χ4n) is 2.90. The van der Waals surface area contributed by atoms with Crippen LogP contribution in [-0.4, -0.2) is 24.2 Å². The molecule has 0 bridgehead atoms. The van der Waals surface area contributed by atoms with Crippen LogP contribution in [0.25, 0.3) is 0 Å². The van der Waals surface area contributed by atoms with Crippen LogP contribution >= 0.6 is 0 Å². The van der Waals surface area contributed by atoms with Crippen LogP contribution in [0.4, 0.5) is 0 Å². The normalized spacial score (nSPS) is 17.1. The first-order valence-electron chi connectivity index (χ1n) is 7.57. The zero-order valence-electron chi connectivity index (χ0n) is 12.3. The molecule has 0 aromatic heterocycles. The van der Waals surface area contributed by atoms with Crippen molar-refractivity contribution < 1.29 is 9.90 Å². The van der Waals surface area contributed by atoms with Crippen LogP contribution in [-0.2, 0) is 11.2 Å². The van der Waals surface area contributed by atoms with Crippen molar-refractivity contribution in [3.63, 3.8) is 0 Å². The Morgan fingerprint density at radius 2 is 1.90 bits per heavy atom. The van der Waals surface area contributed by atoms with Crippen molar-refractivity contribution in [2.75, 3.05) is 13.2 Å². The van der Waals surface area contributed by atoms with Crippen molar-refractivity contribution in [3.05, 3.63) is 35.4 Å². The molecule has 1 aliphatic rings. The van der Waals surface area contributed by atoms with E-state index in [9.17, 15) is 9.90 Å². The number of rotatable bonds is 6. The summed E-state index contributed by atoms with van der Waals surface area (Å²) in [6.45, 7) is 2.87. The zero-order chi connectivity index (χ0) is 14.4. The molecule has 0 atom stereocenters. The Hall–Kier alpha value is -1.35. The molecule has 1 aliphatic carbocycles. The molecule has 1 aromatic rings. The van der Waals surface area contributed by atoms with Gasteiger partial charge in [0, 0.05) is 18.4 Å². The highest BCUT2D eigenvalue weighted by Gasteiger charge is 2.33. The average molecular weight is 275 g/mol. The lowest BCUT2D eigenvalue weighted by atomic mass is 9.87. The Morgan fingerprint density at radius 3 is 2.50 bits per heavy atom. The summed E-state index contributed by atoms with van der Waals surface area (Å²) < 4.78 is 0. The van der Waals surface area contributed by atoms with Crippen molar-refractivity contribution in [3.8, 4) is 0 Å². The van der Waals surface area contributed by atoms with Crippen LogP contribution in [0.5, 0.6) is 0 Å². The van der Waals surface area contributed by atoms with Crippen molar-refractivity contribution in [1.82, 2.24) is 5.32 Å². The van der Waals surface area contributed by atoms with Crippen LogP contribution < -0.4 is 5.32 Å².